The van der Waals surface area contributed by atoms with Crippen molar-refractivity contribution < 1.29 is 22.4 Å². The normalized spacial score (nSPS) is 17.6. The molecule has 0 saturated carbocycles. The molecule has 3 rings (SSSR count). The predicted molar refractivity (Wildman–Crippen MR) is 97.8 cm³/mol. The summed E-state index contributed by atoms with van der Waals surface area (Å²) in [5.41, 5.74) is -0.403. The van der Waals surface area contributed by atoms with Crippen LogP contribution in [-0.2, 0) is 6.18 Å². The van der Waals surface area contributed by atoms with Crippen molar-refractivity contribution in [1.29, 1.82) is 0 Å². The Morgan fingerprint density at radius 1 is 1.25 bits per heavy atom. The molecule has 1 N–H and O–H groups in total. The lowest BCUT2D eigenvalue weighted by Gasteiger charge is -2.40. The lowest BCUT2D eigenvalue weighted by Crippen LogP contribution is -2.55. The molecule has 1 aliphatic rings. The maximum absolute atomic E-state index is 13.9. The summed E-state index contributed by atoms with van der Waals surface area (Å²) in [7, 11) is 0. The molecule has 0 aliphatic carbocycles. The number of amides is 2. The van der Waals surface area contributed by atoms with Gasteiger partial charge in [-0.15, -0.1) is 0 Å². The number of aromatic nitrogens is 1. The summed E-state index contributed by atoms with van der Waals surface area (Å²) >= 11 is 0. The Bertz CT molecular complexity index is 871. The summed E-state index contributed by atoms with van der Waals surface area (Å²) in [4.78, 5) is 20.0. The van der Waals surface area contributed by atoms with Gasteiger partial charge in [0.2, 0.25) is 0 Å². The molecule has 150 valence electrons. The third-order valence-electron chi connectivity index (χ3n) is 4.71. The van der Waals surface area contributed by atoms with Crippen LogP contribution in [0.25, 0.3) is 0 Å². The van der Waals surface area contributed by atoms with E-state index in [1.54, 1.807) is 9.80 Å². The molecule has 1 aromatic heterocycles. The molecule has 9 heteroatoms. The van der Waals surface area contributed by atoms with E-state index in [1.807, 2.05) is 6.92 Å². The maximum atomic E-state index is 13.9. The highest BCUT2D eigenvalue weighted by molar-refractivity contribution is 5.90. The third kappa shape index (κ3) is 4.18. The van der Waals surface area contributed by atoms with Gasteiger partial charge in [-0.05, 0) is 49.7 Å². The molecule has 1 saturated heterocycles. The summed E-state index contributed by atoms with van der Waals surface area (Å²) in [6.07, 6.45) is -2.92. The van der Waals surface area contributed by atoms with Gasteiger partial charge >= 0.3 is 12.2 Å². The molecular formula is C19H20F4N4O. The van der Waals surface area contributed by atoms with E-state index >= 15 is 0 Å². The van der Waals surface area contributed by atoms with Gasteiger partial charge in [0.25, 0.3) is 0 Å². The van der Waals surface area contributed by atoms with Crippen molar-refractivity contribution in [3.8, 4) is 0 Å². The monoisotopic (exact) mass is 396 g/mol. The smallest absolute Gasteiger partial charge is 0.350 e. The van der Waals surface area contributed by atoms with Gasteiger partial charge in [-0.1, -0.05) is 0 Å². The fourth-order valence-corrected chi connectivity index (χ4v) is 3.32. The first-order valence-corrected chi connectivity index (χ1v) is 8.77. The second-order valence-electron chi connectivity index (χ2n) is 6.75. The van der Waals surface area contributed by atoms with Gasteiger partial charge in [-0.3, -0.25) is 0 Å². The predicted octanol–water partition coefficient (Wildman–Crippen LogP) is 4.29. The second-order valence-corrected chi connectivity index (χ2v) is 6.75. The summed E-state index contributed by atoms with van der Waals surface area (Å²) in [6, 6.07) is 5.69. The van der Waals surface area contributed by atoms with Crippen LogP contribution >= 0.6 is 0 Å². The highest BCUT2D eigenvalue weighted by atomic mass is 19.4. The Kier molecular flexibility index (Phi) is 5.44. The number of nitrogens with zero attached hydrogens (tertiary/aromatic N) is 3. The fraction of sp³-hybridized carbons (Fsp3) is 0.368. The number of aryl methyl sites for hydroxylation is 1. The minimum Gasteiger partial charge on any atom is -0.350 e. The lowest BCUT2D eigenvalue weighted by molar-refractivity contribution is -0.138. The Morgan fingerprint density at radius 3 is 2.61 bits per heavy atom. The van der Waals surface area contributed by atoms with E-state index in [-0.39, 0.29) is 17.4 Å². The fourth-order valence-electron chi connectivity index (χ4n) is 3.32. The van der Waals surface area contributed by atoms with Gasteiger partial charge in [0.15, 0.2) is 11.6 Å². The number of nitrogens with one attached hydrogen (secondary N) is 1. The van der Waals surface area contributed by atoms with Gasteiger partial charge < -0.3 is 15.1 Å². The number of anilines is 2. The Hall–Kier alpha value is -2.84. The number of benzene rings is 1. The van der Waals surface area contributed by atoms with Crippen LogP contribution in [0, 0.1) is 12.7 Å². The van der Waals surface area contributed by atoms with E-state index in [1.165, 1.54) is 37.4 Å². The number of carbonyl (C=O) groups is 1. The number of hydrogen-bond donors (Lipinski definition) is 1. The van der Waals surface area contributed by atoms with E-state index in [9.17, 15) is 22.4 Å². The average Bonchev–Trinajstić information content (AvgIpc) is 2.60. The molecule has 1 aromatic carbocycles. The first-order valence-electron chi connectivity index (χ1n) is 8.77. The highest BCUT2D eigenvalue weighted by Crippen LogP contribution is 2.33. The van der Waals surface area contributed by atoms with E-state index in [0.717, 1.165) is 6.07 Å². The zero-order valence-electron chi connectivity index (χ0n) is 15.4. The number of alkyl halides is 3. The van der Waals surface area contributed by atoms with Gasteiger partial charge in [0.05, 0.1) is 5.56 Å². The zero-order valence-corrected chi connectivity index (χ0v) is 15.4. The number of halogens is 4. The van der Waals surface area contributed by atoms with Gasteiger partial charge in [0, 0.05) is 37.6 Å². The van der Waals surface area contributed by atoms with Crippen LogP contribution in [-0.4, -0.2) is 41.6 Å². The SMILES string of the molecule is Cc1cc(NC(=O)N2CCN(c3ncccc3F)C[C@H]2C)ccc1C(F)(F)F. The Balaban J connectivity index is 1.66. The molecule has 2 aromatic rings. The molecule has 5 nitrogen and oxygen atoms in total. The number of pyridine rings is 1. The third-order valence-corrected chi connectivity index (χ3v) is 4.71. The largest absolute Gasteiger partial charge is 0.416 e. The maximum Gasteiger partial charge on any atom is 0.416 e. The molecule has 2 heterocycles. The van der Waals surface area contributed by atoms with Crippen LogP contribution in [0.4, 0.5) is 33.9 Å². The molecule has 1 aliphatic heterocycles. The lowest BCUT2D eigenvalue weighted by atomic mass is 10.1. The number of piperazine rings is 1. The van der Waals surface area contributed by atoms with Crippen molar-refractivity contribution >= 4 is 17.5 Å². The van der Waals surface area contributed by atoms with Gasteiger partial charge in [0.1, 0.15) is 0 Å². The van der Waals surface area contributed by atoms with Gasteiger partial charge in [-0.25, -0.2) is 14.2 Å². The number of urea groups is 1. The van der Waals surface area contributed by atoms with Crippen LogP contribution < -0.4 is 10.2 Å². The van der Waals surface area contributed by atoms with Crippen molar-refractivity contribution in [3.63, 3.8) is 0 Å². The number of rotatable bonds is 2. The Labute approximate surface area is 160 Å². The topological polar surface area (TPSA) is 48.5 Å². The quantitative estimate of drug-likeness (QED) is 0.771. The van der Waals surface area contributed by atoms with E-state index < -0.39 is 23.6 Å². The molecule has 1 atom stereocenters. The Morgan fingerprint density at radius 2 is 2.00 bits per heavy atom. The van der Waals surface area contributed by atoms with Crippen LogP contribution in [0.15, 0.2) is 36.5 Å². The van der Waals surface area contributed by atoms with Crippen LogP contribution in [0.5, 0.6) is 0 Å². The molecule has 0 bridgehead atoms. The van der Waals surface area contributed by atoms with Crippen molar-refractivity contribution in [1.82, 2.24) is 9.88 Å². The van der Waals surface area contributed by atoms with Crippen molar-refractivity contribution in [3.05, 3.63) is 53.5 Å². The van der Waals surface area contributed by atoms with Crippen LogP contribution in [0.1, 0.15) is 18.1 Å². The van der Waals surface area contributed by atoms with Crippen LogP contribution in [0.2, 0.25) is 0 Å². The van der Waals surface area contributed by atoms with Crippen molar-refractivity contribution in [2.75, 3.05) is 29.9 Å². The van der Waals surface area contributed by atoms with E-state index in [4.69, 9.17) is 0 Å². The first kappa shape index (κ1) is 19.9. The summed E-state index contributed by atoms with van der Waals surface area (Å²) < 4.78 is 52.5. The van der Waals surface area contributed by atoms with E-state index in [0.29, 0.717) is 25.3 Å². The average molecular weight is 396 g/mol. The second kappa shape index (κ2) is 7.65. The molecule has 0 unspecified atom stereocenters. The minimum atomic E-state index is -4.43. The van der Waals surface area contributed by atoms with Crippen molar-refractivity contribution in [2.45, 2.75) is 26.1 Å². The molecule has 1 fully saturated rings. The minimum absolute atomic E-state index is 0.0359. The summed E-state index contributed by atoms with van der Waals surface area (Å²) in [6.45, 7) is 4.31. The molecular weight excluding hydrogens is 376 g/mol. The standard InChI is InChI=1S/C19H20F4N4O/c1-12-10-14(5-6-15(12)19(21,22)23)25-18(28)27-9-8-26(11-13(27)2)17-16(20)4-3-7-24-17/h3-7,10,13H,8-9,11H2,1-2H3,(H,25,28)/t13-/m1/s1. The van der Waals surface area contributed by atoms with Gasteiger partial charge in [-0.2, -0.15) is 13.2 Å². The number of carbonyl (C=O) groups excluding carboxylic acids is 1. The van der Waals surface area contributed by atoms with Crippen LogP contribution in [0.3, 0.4) is 0 Å². The summed E-state index contributed by atoms with van der Waals surface area (Å²) in [5.74, 6) is -0.180. The van der Waals surface area contributed by atoms with Crippen molar-refractivity contribution in [2.24, 2.45) is 0 Å². The number of hydrogen-bond acceptors (Lipinski definition) is 3. The molecule has 0 spiro atoms. The molecule has 28 heavy (non-hydrogen) atoms. The summed E-state index contributed by atoms with van der Waals surface area (Å²) in [5, 5.41) is 2.64. The molecule has 0 radical (unpaired) electrons. The zero-order chi connectivity index (χ0) is 20.5. The highest BCUT2D eigenvalue weighted by Gasteiger charge is 2.33. The molecule has 2 amide bonds. The first-order chi connectivity index (χ1) is 13.2. The van der Waals surface area contributed by atoms with E-state index in [2.05, 4.69) is 10.3 Å².